The average Bonchev–Trinajstić information content (AvgIpc) is 3.39. The Kier molecular flexibility index (Phi) is 6.65. The predicted octanol–water partition coefficient (Wildman–Crippen LogP) is 2.25. The van der Waals surface area contributed by atoms with Gasteiger partial charge in [-0.15, -0.1) is 11.3 Å². The third-order valence-corrected chi connectivity index (χ3v) is 5.34. The molecule has 0 spiro atoms. The van der Waals surface area contributed by atoms with Crippen LogP contribution in [0.25, 0.3) is 10.8 Å². The minimum Gasteiger partial charge on any atom is -0.443 e. The summed E-state index contributed by atoms with van der Waals surface area (Å²) >= 11 is 1.60. The van der Waals surface area contributed by atoms with Crippen LogP contribution in [0, 0.1) is 5.41 Å². The molecule has 1 aliphatic heterocycles. The lowest BCUT2D eigenvalue weighted by Crippen LogP contribution is -2.44. The molecule has 7 nitrogen and oxygen atoms in total. The summed E-state index contributed by atoms with van der Waals surface area (Å²) in [5.41, 5.74) is 0.769. The van der Waals surface area contributed by atoms with E-state index in [0.29, 0.717) is 19.0 Å². The highest BCUT2D eigenvalue weighted by Crippen LogP contribution is 2.31. The molecule has 1 atom stereocenters. The number of aliphatic hydroxyl groups is 1. The van der Waals surface area contributed by atoms with E-state index in [1.165, 1.54) is 0 Å². The first kappa shape index (κ1) is 18.9. The fraction of sp³-hybridized carbons (Fsp3) is 0.556. The molecular weight excluding hydrogens is 352 g/mol. The molecule has 142 valence electrons. The molecule has 3 heterocycles. The lowest BCUT2D eigenvalue weighted by molar-refractivity contribution is 0.127. The summed E-state index contributed by atoms with van der Waals surface area (Å²) in [6, 6.07) is 3.96. The molecule has 1 fully saturated rings. The first-order chi connectivity index (χ1) is 12.7. The number of hydrogen-bond acceptors (Lipinski definition) is 6. The number of hydrogen-bond donors (Lipinski definition) is 3. The van der Waals surface area contributed by atoms with Crippen LogP contribution in [0.4, 0.5) is 0 Å². The quantitative estimate of drug-likeness (QED) is 0.482. The summed E-state index contributed by atoms with van der Waals surface area (Å²) in [5.74, 6) is 1.37. The van der Waals surface area contributed by atoms with Crippen molar-refractivity contribution < 1.29 is 14.3 Å². The Morgan fingerprint density at radius 2 is 2.38 bits per heavy atom. The first-order valence-corrected chi connectivity index (χ1v) is 9.82. The molecule has 1 unspecified atom stereocenters. The molecule has 3 N–H and O–H groups in total. The van der Waals surface area contributed by atoms with Crippen LogP contribution in [0.5, 0.6) is 0 Å². The van der Waals surface area contributed by atoms with Gasteiger partial charge < -0.3 is 24.9 Å². The predicted molar refractivity (Wildman–Crippen MR) is 102 cm³/mol. The van der Waals surface area contributed by atoms with Gasteiger partial charge in [-0.1, -0.05) is 6.07 Å². The molecule has 0 bridgehead atoms. The summed E-state index contributed by atoms with van der Waals surface area (Å²) in [4.78, 5) is 10.1. The van der Waals surface area contributed by atoms with Crippen molar-refractivity contribution in [2.75, 3.05) is 32.9 Å². The van der Waals surface area contributed by atoms with Gasteiger partial charge in [0.1, 0.15) is 12.0 Å². The molecule has 2 aromatic rings. The van der Waals surface area contributed by atoms with E-state index in [1.54, 1.807) is 17.6 Å². The summed E-state index contributed by atoms with van der Waals surface area (Å²) in [6.07, 6.45) is 3.33. The number of thiophene rings is 1. The minimum absolute atomic E-state index is 0.0226. The van der Waals surface area contributed by atoms with Crippen LogP contribution < -0.4 is 10.6 Å². The third-order valence-electron chi connectivity index (χ3n) is 4.49. The molecule has 8 heteroatoms. The van der Waals surface area contributed by atoms with E-state index in [4.69, 9.17) is 9.15 Å². The standard InChI is InChI=1S/C18H26N4O3S/c1-2-19-17(21-12-18(5-7-23)6-8-24-13-18)20-10-14-11-25-16(22-14)15-4-3-9-26-15/h3-4,9,11,23H,2,5-8,10,12-13H2,1H3,(H2,19,20,21). The van der Waals surface area contributed by atoms with Gasteiger partial charge >= 0.3 is 0 Å². The minimum atomic E-state index is -0.0226. The molecular formula is C18H26N4O3S. The molecule has 0 amide bonds. The fourth-order valence-electron chi connectivity index (χ4n) is 2.98. The monoisotopic (exact) mass is 378 g/mol. The van der Waals surface area contributed by atoms with Crippen LogP contribution in [0.1, 0.15) is 25.5 Å². The van der Waals surface area contributed by atoms with Gasteiger partial charge in [-0.3, -0.25) is 0 Å². The molecule has 0 saturated carbocycles. The largest absolute Gasteiger partial charge is 0.443 e. The second-order valence-corrected chi connectivity index (χ2v) is 7.39. The van der Waals surface area contributed by atoms with Gasteiger partial charge in [0.2, 0.25) is 5.89 Å². The molecule has 0 aliphatic carbocycles. The smallest absolute Gasteiger partial charge is 0.236 e. The summed E-state index contributed by atoms with van der Waals surface area (Å²) in [6.45, 7) is 5.56. The highest BCUT2D eigenvalue weighted by Gasteiger charge is 2.34. The van der Waals surface area contributed by atoms with Crippen molar-refractivity contribution in [3.63, 3.8) is 0 Å². The zero-order valence-electron chi connectivity index (χ0n) is 15.0. The van der Waals surface area contributed by atoms with Gasteiger partial charge in [0.25, 0.3) is 0 Å². The zero-order valence-corrected chi connectivity index (χ0v) is 15.8. The van der Waals surface area contributed by atoms with Crippen LogP contribution in [0.3, 0.4) is 0 Å². The number of aliphatic imine (C=N–C) groups is 1. The van der Waals surface area contributed by atoms with Crippen molar-refractivity contribution in [3.8, 4) is 10.8 Å². The Morgan fingerprint density at radius 1 is 1.46 bits per heavy atom. The number of aromatic nitrogens is 1. The van der Waals surface area contributed by atoms with Crippen LogP contribution in [-0.2, 0) is 11.3 Å². The summed E-state index contributed by atoms with van der Waals surface area (Å²) < 4.78 is 11.1. The number of rotatable bonds is 8. The Labute approximate surface area is 157 Å². The maximum atomic E-state index is 9.35. The van der Waals surface area contributed by atoms with Crippen LogP contribution in [-0.4, -0.2) is 49.0 Å². The summed E-state index contributed by atoms with van der Waals surface area (Å²) in [5, 5.41) is 18.0. The number of oxazole rings is 1. The molecule has 1 aliphatic rings. The van der Waals surface area contributed by atoms with Crippen molar-refractivity contribution in [2.45, 2.75) is 26.3 Å². The number of aliphatic hydroxyl groups excluding tert-OH is 1. The van der Waals surface area contributed by atoms with Crippen LogP contribution >= 0.6 is 11.3 Å². The third kappa shape index (κ3) is 4.84. The number of guanidine groups is 1. The lowest BCUT2D eigenvalue weighted by Gasteiger charge is -2.27. The van der Waals surface area contributed by atoms with E-state index in [2.05, 4.69) is 20.6 Å². The maximum Gasteiger partial charge on any atom is 0.236 e. The van der Waals surface area contributed by atoms with Gasteiger partial charge in [0.05, 0.1) is 18.0 Å². The Morgan fingerprint density at radius 3 is 3.08 bits per heavy atom. The Balaban J connectivity index is 1.60. The van der Waals surface area contributed by atoms with Crippen LogP contribution in [0.15, 0.2) is 33.2 Å². The SMILES string of the molecule is CCNC(=NCc1coc(-c2cccs2)n1)NCC1(CCO)CCOC1. The molecule has 0 radical (unpaired) electrons. The van der Waals surface area contributed by atoms with E-state index < -0.39 is 0 Å². The molecule has 3 rings (SSSR count). The van der Waals surface area contributed by atoms with Gasteiger partial charge in [-0.2, -0.15) is 0 Å². The second-order valence-electron chi connectivity index (χ2n) is 6.45. The fourth-order valence-corrected chi connectivity index (χ4v) is 3.63. The first-order valence-electron chi connectivity index (χ1n) is 8.94. The normalized spacial score (nSPS) is 20.5. The van der Waals surface area contributed by atoms with Crippen LogP contribution in [0.2, 0.25) is 0 Å². The summed E-state index contributed by atoms with van der Waals surface area (Å²) in [7, 11) is 0. The molecule has 2 aromatic heterocycles. The van der Waals surface area contributed by atoms with Crippen molar-refractivity contribution in [2.24, 2.45) is 10.4 Å². The maximum absolute atomic E-state index is 9.35. The zero-order chi connectivity index (χ0) is 18.2. The van der Waals surface area contributed by atoms with Gasteiger partial charge in [-0.25, -0.2) is 9.98 Å². The second kappa shape index (κ2) is 9.16. The molecule has 1 saturated heterocycles. The van der Waals surface area contributed by atoms with Gasteiger partial charge in [0, 0.05) is 31.7 Å². The molecule has 26 heavy (non-hydrogen) atoms. The Bertz CT molecular complexity index is 693. The van der Waals surface area contributed by atoms with E-state index in [-0.39, 0.29) is 12.0 Å². The van der Waals surface area contributed by atoms with E-state index >= 15 is 0 Å². The highest BCUT2D eigenvalue weighted by molar-refractivity contribution is 7.13. The topological polar surface area (TPSA) is 91.9 Å². The van der Waals surface area contributed by atoms with Gasteiger partial charge in [-0.05, 0) is 31.2 Å². The number of ether oxygens (including phenoxy) is 1. The van der Waals surface area contributed by atoms with Crippen molar-refractivity contribution >= 4 is 17.3 Å². The van der Waals surface area contributed by atoms with Crippen molar-refractivity contribution in [1.29, 1.82) is 0 Å². The van der Waals surface area contributed by atoms with Gasteiger partial charge in [0.15, 0.2) is 5.96 Å². The van der Waals surface area contributed by atoms with E-state index in [1.807, 2.05) is 24.4 Å². The number of nitrogens with zero attached hydrogens (tertiary/aromatic N) is 2. The van der Waals surface area contributed by atoms with Crippen molar-refractivity contribution in [1.82, 2.24) is 15.6 Å². The van der Waals surface area contributed by atoms with E-state index in [9.17, 15) is 5.11 Å². The number of nitrogens with one attached hydrogen (secondary N) is 2. The lowest BCUT2D eigenvalue weighted by atomic mass is 9.84. The van der Waals surface area contributed by atoms with E-state index in [0.717, 1.165) is 49.1 Å². The molecule has 0 aromatic carbocycles. The highest BCUT2D eigenvalue weighted by atomic mass is 32.1. The van der Waals surface area contributed by atoms with Crippen molar-refractivity contribution in [3.05, 3.63) is 29.5 Å². The average molecular weight is 378 g/mol. The Hall–Kier alpha value is -1.90.